The van der Waals surface area contributed by atoms with Gasteiger partial charge in [-0.3, -0.25) is 4.98 Å². The van der Waals surface area contributed by atoms with E-state index in [0.29, 0.717) is 11.7 Å². The van der Waals surface area contributed by atoms with Crippen LogP contribution >= 0.6 is 12.2 Å². The van der Waals surface area contributed by atoms with E-state index in [1.165, 1.54) is 0 Å². The van der Waals surface area contributed by atoms with Gasteiger partial charge in [-0.25, -0.2) is 0 Å². The number of fused-ring (bicyclic) bond motifs is 1. The van der Waals surface area contributed by atoms with Crippen LogP contribution in [0.4, 0.5) is 5.69 Å². The molecule has 3 rings (SSSR count). The van der Waals surface area contributed by atoms with Crippen LogP contribution in [0.3, 0.4) is 0 Å². The van der Waals surface area contributed by atoms with Crippen LogP contribution in [-0.2, 0) is 13.2 Å². The second-order valence-corrected chi connectivity index (χ2v) is 7.42. The summed E-state index contributed by atoms with van der Waals surface area (Å²) in [5.74, 6) is 0. The van der Waals surface area contributed by atoms with Crippen molar-refractivity contribution in [2.45, 2.75) is 13.2 Å². The second kappa shape index (κ2) is 9.59. The van der Waals surface area contributed by atoms with Gasteiger partial charge in [-0.15, -0.1) is 0 Å². The molecule has 0 saturated heterocycles. The number of pyridine rings is 1. The lowest BCUT2D eigenvalue weighted by Crippen LogP contribution is -2.38. The summed E-state index contributed by atoms with van der Waals surface area (Å²) in [6, 6.07) is 16.1. The van der Waals surface area contributed by atoms with Crippen LogP contribution in [0.2, 0.25) is 0 Å². The zero-order chi connectivity index (χ0) is 19.9. The standard InChI is InChI=1S/C22H26N4OS/c1-25(2)12-13-26(15-17-6-8-18(16-27)9-7-17)22(28)24-21-5-3-4-19-14-23-11-10-20(19)21/h3-11,14,27H,12-13,15-16H2,1-2H3,(H,24,28). The van der Waals surface area contributed by atoms with Crippen molar-refractivity contribution in [1.29, 1.82) is 0 Å². The summed E-state index contributed by atoms with van der Waals surface area (Å²) in [7, 11) is 4.12. The lowest BCUT2D eigenvalue weighted by atomic mass is 10.1. The highest BCUT2D eigenvalue weighted by molar-refractivity contribution is 7.80. The van der Waals surface area contributed by atoms with Crippen molar-refractivity contribution < 1.29 is 5.11 Å². The van der Waals surface area contributed by atoms with E-state index in [-0.39, 0.29) is 6.61 Å². The molecule has 2 N–H and O–H groups in total. The van der Waals surface area contributed by atoms with Gasteiger partial charge in [0.25, 0.3) is 0 Å². The van der Waals surface area contributed by atoms with E-state index in [4.69, 9.17) is 12.2 Å². The molecule has 2 aromatic carbocycles. The number of rotatable bonds is 7. The molecule has 0 aliphatic heterocycles. The average molecular weight is 395 g/mol. The fraction of sp³-hybridized carbons (Fsp3) is 0.273. The van der Waals surface area contributed by atoms with E-state index in [1.54, 1.807) is 6.20 Å². The second-order valence-electron chi connectivity index (χ2n) is 7.03. The molecule has 0 bridgehead atoms. The van der Waals surface area contributed by atoms with Crippen LogP contribution in [-0.4, -0.2) is 52.2 Å². The van der Waals surface area contributed by atoms with Crippen molar-refractivity contribution in [1.82, 2.24) is 14.8 Å². The SMILES string of the molecule is CN(C)CCN(Cc1ccc(CO)cc1)C(=S)Nc1cccc2cnccc12. The number of thiocarbonyl (C=S) groups is 1. The van der Waals surface area contributed by atoms with Gasteiger partial charge in [-0.1, -0.05) is 36.4 Å². The van der Waals surface area contributed by atoms with Gasteiger partial charge in [-0.2, -0.15) is 0 Å². The fourth-order valence-electron chi connectivity index (χ4n) is 2.97. The summed E-state index contributed by atoms with van der Waals surface area (Å²) in [5.41, 5.74) is 3.05. The Morgan fingerprint density at radius 1 is 1.04 bits per heavy atom. The maximum atomic E-state index is 9.24. The number of nitrogens with zero attached hydrogens (tertiary/aromatic N) is 3. The Kier molecular flexibility index (Phi) is 6.92. The molecule has 0 atom stereocenters. The smallest absolute Gasteiger partial charge is 0.173 e. The van der Waals surface area contributed by atoms with Crippen LogP contribution in [0.5, 0.6) is 0 Å². The number of aliphatic hydroxyl groups is 1. The third-order valence-electron chi connectivity index (χ3n) is 4.61. The Balaban J connectivity index is 1.78. The Bertz CT molecular complexity index is 922. The van der Waals surface area contributed by atoms with Crippen molar-refractivity contribution in [2.24, 2.45) is 0 Å². The van der Waals surface area contributed by atoms with Crippen molar-refractivity contribution in [3.63, 3.8) is 0 Å². The van der Waals surface area contributed by atoms with E-state index in [9.17, 15) is 5.11 Å². The molecule has 0 radical (unpaired) electrons. The quantitative estimate of drug-likeness (QED) is 0.599. The first-order chi connectivity index (χ1) is 13.6. The van der Waals surface area contributed by atoms with Gasteiger partial charge in [0, 0.05) is 48.5 Å². The summed E-state index contributed by atoms with van der Waals surface area (Å²) in [6.07, 6.45) is 3.65. The molecule has 0 aliphatic carbocycles. The summed E-state index contributed by atoms with van der Waals surface area (Å²) < 4.78 is 0. The number of likely N-dealkylation sites (N-methyl/N-ethyl adjacent to an activating group) is 1. The molecular weight excluding hydrogens is 368 g/mol. The predicted octanol–water partition coefficient (Wildman–Crippen LogP) is 3.49. The van der Waals surface area contributed by atoms with Crippen LogP contribution in [0, 0.1) is 0 Å². The molecule has 1 heterocycles. The Labute approximate surface area is 171 Å². The Morgan fingerprint density at radius 2 is 1.79 bits per heavy atom. The molecule has 0 amide bonds. The highest BCUT2D eigenvalue weighted by Crippen LogP contribution is 2.23. The molecule has 1 aromatic heterocycles. The van der Waals surface area contributed by atoms with Gasteiger partial charge in [0.05, 0.1) is 6.61 Å². The van der Waals surface area contributed by atoms with Crippen LogP contribution < -0.4 is 5.32 Å². The maximum Gasteiger partial charge on any atom is 0.173 e. The molecule has 3 aromatic rings. The van der Waals surface area contributed by atoms with Gasteiger partial charge < -0.3 is 20.2 Å². The topological polar surface area (TPSA) is 51.6 Å². The summed E-state index contributed by atoms with van der Waals surface area (Å²) >= 11 is 5.76. The molecule has 0 aliphatic rings. The number of hydrogen-bond acceptors (Lipinski definition) is 4. The first kappa shape index (κ1) is 20.2. The highest BCUT2D eigenvalue weighted by atomic mass is 32.1. The molecule has 146 valence electrons. The molecule has 0 unspecified atom stereocenters. The van der Waals surface area contributed by atoms with Crippen molar-refractivity contribution in [3.05, 3.63) is 72.1 Å². The molecule has 5 nitrogen and oxygen atoms in total. The van der Waals surface area contributed by atoms with Gasteiger partial charge in [-0.05, 0) is 49.6 Å². The predicted molar refractivity (Wildman–Crippen MR) is 119 cm³/mol. The Hall–Kier alpha value is -2.54. The maximum absolute atomic E-state index is 9.24. The number of aliphatic hydroxyl groups excluding tert-OH is 1. The molecule has 0 fully saturated rings. The lowest BCUT2D eigenvalue weighted by Gasteiger charge is -2.28. The van der Waals surface area contributed by atoms with E-state index in [2.05, 4.69) is 34.2 Å². The molecule has 0 spiro atoms. The zero-order valence-electron chi connectivity index (χ0n) is 16.3. The minimum atomic E-state index is 0.0561. The van der Waals surface area contributed by atoms with E-state index >= 15 is 0 Å². The molecule has 0 saturated carbocycles. The molecule has 28 heavy (non-hydrogen) atoms. The van der Waals surface area contributed by atoms with Crippen molar-refractivity contribution in [3.8, 4) is 0 Å². The Morgan fingerprint density at radius 3 is 2.50 bits per heavy atom. The first-order valence-corrected chi connectivity index (χ1v) is 9.69. The van der Waals surface area contributed by atoms with Crippen molar-refractivity contribution in [2.75, 3.05) is 32.5 Å². The third-order valence-corrected chi connectivity index (χ3v) is 4.97. The highest BCUT2D eigenvalue weighted by Gasteiger charge is 2.12. The average Bonchev–Trinajstić information content (AvgIpc) is 2.71. The van der Waals surface area contributed by atoms with Gasteiger partial charge in [0.2, 0.25) is 0 Å². The molecular formula is C22H26N4OS. The zero-order valence-corrected chi connectivity index (χ0v) is 17.1. The molecule has 6 heteroatoms. The fourth-order valence-corrected chi connectivity index (χ4v) is 3.24. The van der Waals surface area contributed by atoms with Gasteiger partial charge in [0.15, 0.2) is 5.11 Å². The summed E-state index contributed by atoms with van der Waals surface area (Å²) in [5, 5.41) is 15.5. The van der Waals surface area contributed by atoms with Crippen LogP contribution in [0.25, 0.3) is 10.8 Å². The van der Waals surface area contributed by atoms with Crippen molar-refractivity contribution >= 4 is 33.8 Å². The normalized spacial score (nSPS) is 11.0. The third kappa shape index (κ3) is 5.25. The number of aromatic nitrogens is 1. The number of nitrogens with one attached hydrogen (secondary N) is 1. The minimum Gasteiger partial charge on any atom is -0.392 e. The monoisotopic (exact) mass is 394 g/mol. The minimum absolute atomic E-state index is 0.0561. The van der Waals surface area contributed by atoms with Crippen LogP contribution in [0.1, 0.15) is 11.1 Å². The summed E-state index contributed by atoms with van der Waals surface area (Å²) in [6.45, 7) is 2.47. The van der Waals surface area contributed by atoms with E-state index in [1.807, 2.05) is 54.7 Å². The van der Waals surface area contributed by atoms with Crippen LogP contribution in [0.15, 0.2) is 60.9 Å². The lowest BCUT2D eigenvalue weighted by molar-refractivity contribution is 0.281. The first-order valence-electron chi connectivity index (χ1n) is 9.29. The largest absolute Gasteiger partial charge is 0.392 e. The number of anilines is 1. The number of hydrogen-bond donors (Lipinski definition) is 2. The number of benzene rings is 2. The van der Waals surface area contributed by atoms with E-state index < -0.39 is 0 Å². The van der Waals surface area contributed by atoms with Gasteiger partial charge in [0.1, 0.15) is 0 Å². The van der Waals surface area contributed by atoms with E-state index in [0.717, 1.165) is 40.7 Å². The summed E-state index contributed by atoms with van der Waals surface area (Å²) in [4.78, 5) is 8.51. The van der Waals surface area contributed by atoms with Gasteiger partial charge >= 0.3 is 0 Å².